The van der Waals surface area contributed by atoms with Crippen LogP contribution in [0.2, 0.25) is 0 Å². The summed E-state index contributed by atoms with van der Waals surface area (Å²) in [7, 11) is -3.95. The Bertz CT molecular complexity index is 1570. The first-order valence-corrected chi connectivity index (χ1v) is 20.6. The van der Waals surface area contributed by atoms with E-state index in [1.165, 1.54) is 22.9 Å². The number of halogens is 1. The van der Waals surface area contributed by atoms with Crippen LogP contribution in [0.15, 0.2) is 18.2 Å². The molecule has 2 heterocycles. The molecule has 0 unspecified atom stereocenters. The van der Waals surface area contributed by atoms with Gasteiger partial charge in [0.05, 0.1) is 25.3 Å². The van der Waals surface area contributed by atoms with Crippen molar-refractivity contribution in [3.05, 3.63) is 35.1 Å². The summed E-state index contributed by atoms with van der Waals surface area (Å²) in [6.45, 7) is 5.64. The summed E-state index contributed by atoms with van der Waals surface area (Å²) < 4.78 is 45.8. The SMILES string of the molecule is CCC[C@H](NC(=O)[C@@H]1C[C@@H](OC(=O)N2Cc3cccc(F)c3C2)CN1C(=O)[C@@H](NC(=O)N[C@H](CN(C)S(C)(=O)=O)[C@@H](C)CC)C1CCCCC1)B(O)O. The third kappa shape index (κ3) is 11.0. The number of sulfonamides is 1. The highest BCUT2D eigenvalue weighted by Gasteiger charge is 2.46. The van der Waals surface area contributed by atoms with Gasteiger partial charge in [-0.15, -0.1) is 0 Å². The van der Waals surface area contributed by atoms with E-state index < -0.39 is 77.1 Å². The van der Waals surface area contributed by atoms with Crippen molar-refractivity contribution >= 4 is 41.1 Å². The summed E-state index contributed by atoms with van der Waals surface area (Å²) in [5.74, 6) is -3.02. The van der Waals surface area contributed by atoms with Crippen LogP contribution in [-0.4, -0.2) is 120 Å². The monoisotopic (exact) mass is 766 g/mol. The number of fused-ring (bicyclic) bond motifs is 1. The molecule has 2 aliphatic heterocycles. The first-order chi connectivity index (χ1) is 25.0. The molecule has 0 bridgehead atoms. The maximum atomic E-state index is 14.6. The van der Waals surface area contributed by atoms with E-state index in [9.17, 15) is 42.0 Å². The van der Waals surface area contributed by atoms with Crippen LogP contribution in [0, 0.1) is 17.7 Å². The molecule has 1 saturated heterocycles. The van der Waals surface area contributed by atoms with Gasteiger partial charge in [-0.05, 0) is 42.7 Å². The number of hydrogen-bond donors (Lipinski definition) is 5. The zero-order valence-electron chi connectivity index (χ0n) is 31.4. The van der Waals surface area contributed by atoms with Crippen molar-refractivity contribution in [1.82, 2.24) is 30.1 Å². The molecule has 3 aliphatic rings. The van der Waals surface area contributed by atoms with Crippen LogP contribution in [0.25, 0.3) is 0 Å². The highest BCUT2D eigenvalue weighted by atomic mass is 32.2. The molecule has 6 atom stereocenters. The number of nitrogens with zero attached hydrogens (tertiary/aromatic N) is 3. The normalized spacial score (nSPS) is 21.4. The largest absolute Gasteiger partial charge is 0.475 e. The molecule has 1 saturated carbocycles. The third-order valence-corrected chi connectivity index (χ3v) is 12.2. The predicted octanol–water partition coefficient (Wildman–Crippen LogP) is 2.10. The van der Waals surface area contributed by atoms with E-state index >= 15 is 0 Å². The number of carbonyl (C=O) groups is 4. The average Bonchev–Trinajstić information content (AvgIpc) is 3.75. The standard InChI is InChI=1S/C35H56BFN6O9S/c1-6-12-30(36(48)49)39-32(44)29-17-25(52-35(47)42-18-24-15-11-16-27(37)26(24)20-42)19-43(29)33(45)31(23-13-9-8-10-14-23)40-34(46)38-28(22(3)7-2)21-41(4)53(5,50)51/h11,15-16,22-23,25,28-31,48-49H,6-10,12-14,17-21H2,1-5H3,(H,39,44)(H2,38,40,46)/t22-,25+,28+,29-,30-,31-/m0/s1. The van der Waals surface area contributed by atoms with Gasteiger partial charge in [0.25, 0.3) is 0 Å². The van der Waals surface area contributed by atoms with Crippen molar-refractivity contribution in [2.45, 2.75) is 122 Å². The second kappa shape index (κ2) is 18.7. The molecule has 1 aromatic rings. The molecule has 0 aromatic heterocycles. The molecule has 18 heteroatoms. The van der Waals surface area contributed by atoms with Crippen molar-refractivity contribution in [2.24, 2.45) is 11.8 Å². The summed E-state index contributed by atoms with van der Waals surface area (Å²) in [6, 6.07) is 1.17. The number of urea groups is 1. The van der Waals surface area contributed by atoms with Gasteiger partial charge in [-0.1, -0.05) is 65.0 Å². The quantitative estimate of drug-likeness (QED) is 0.166. The fraction of sp³-hybridized carbons (Fsp3) is 0.714. The average molecular weight is 767 g/mol. The van der Waals surface area contributed by atoms with Crippen LogP contribution in [0.1, 0.15) is 89.7 Å². The van der Waals surface area contributed by atoms with E-state index in [4.69, 9.17) is 4.74 Å². The predicted molar refractivity (Wildman–Crippen MR) is 196 cm³/mol. The van der Waals surface area contributed by atoms with E-state index in [0.717, 1.165) is 29.8 Å². The Balaban J connectivity index is 1.57. The number of hydrogen-bond acceptors (Lipinski definition) is 9. The maximum absolute atomic E-state index is 14.6. The molecule has 0 radical (unpaired) electrons. The summed E-state index contributed by atoms with van der Waals surface area (Å²) in [4.78, 5) is 58.1. The molecule has 53 heavy (non-hydrogen) atoms. The number of carbonyl (C=O) groups excluding carboxylic acids is 4. The van der Waals surface area contributed by atoms with Crippen LogP contribution in [-0.2, 0) is 37.4 Å². The Hall–Kier alpha value is -3.48. The van der Waals surface area contributed by atoms with Crippen LogP contribution < -0.4 is 16.0 Å². The Labute approximate surface area is 312 Å². The van der Waals surface area contributed by atoms with Crippen molar-refractivity contribution in [3.8, 4) is 0 Å². The smallest absolute Gasteiger partial charge is 0.444 e. The second-order valence-electron chi connectivity index (χ2n) is 14.8. The zero-order valence-corrected chi connectivity index (χ0v) is 32.2. The molecule has 5 N–H and O–H groups in total. The van der Waals surface area contributed by atoms with Crippen LogP contribution in [0.5, 0.6) is 0 Å². The molecule has 296 valence electrons. The molecule has 15 nitrogen and oxygen atoms in total. The Morgan fingerprint density at radius 1 is 1.08 bits per heavy atom. The molecule has 1 aliphatic carbocycles. The molecule has 0 spiro atoms. The van der Waals surface area contributed by atoms with Crippen molar-refractivity contribution in [3.63, 3.8) is 0 Å². The van der Waals surface area contributed by atoms with E-state index in [2.05, 4.69) is 16.0 Å². The van der Waals surface area contributed by atoms with Gasteiger partial charge in [0, 0.05) is 38.2 Å². The summed E-state index contributed by atoms with van der Waals surface area (Å²) in [5, 5.41) is 28.3. The first-order valence-electron chi connectivity index (χ1n) is 18.7. The van der Waals surface area contributed by atoms with Gasteiger partial charge in [-0.25, -0.2) is 26.7 Å². The Kier molecular flexibility index (Phi) is 14.9. The minimum absolute atomic E-state index is 0.00755. The lowest BCUT2D eigenvalue weighted by atomic mass is 9.76. The molecule has 4 rings (SSSR count). The lowest BCUT2D eigenvalue weighted by molar-refractivity contribution is -0.141. The van der Waals surface area contributed by atoms with Crippen molar-refractivity contribution < 1.29 is 46.8 Å². The van der Waals surface area contributed by atoms with Gasteiger partial charge in [-0.3, -0.25) is 14.5 Å². The highest BCUT2D eigenvalue weighted by molar-refractivity contribution is 7.88. The van der Waals surface area contributed by atoms with E-state index in [0.29, 0.717) is 36.8 Å². The maximum Gasteiger partial charge on any atom is 0.475 e. The lowest BCUT2D eigenvalue weighted by Gasteiger charge is -2.35. The third-order valence-electron chi connectivity index (χ3n) is 10.9. The minimum Gasteiger partial charge on any atom is -0.444 e. The second-order valence-corrected chi connectivity index (χ2v) is 16.9. The number of ether oxygens (including phenoxy) is 1. The zero-order chi connectivity index (χ0) is 39.0. The molecule has 5 amide bonds. The number of likely N-dealkylation sites (tertiary alicyclic amines) is 1. The van der Waals surface area contributed by atoms with Crippen LogP contribution in [0.3, 0.4) is 0 Å². The fourth-order valence-electron chi connectivity index (χ4n) is 7.43. The summed E-state index contributed by atoms with van der Waals surface area (Å²) in [5.41, 5.74) is 1.05. The number of likely N-dealkylation sites (N-methyl/N-ethyl adjacent to an activating group) is 1. The number of rotatable bonds is 15. The van der Waals surface area contributed by atoms with Gasteiger partial charge in [0.2, 0.25) is 21.8 Å². The number of amides is 5. The van der Waals surface area contributed by atoms with Crippen LogP contribution in [0.4, 0.5) is 14.0 Å². The molecular formula is C35H56BFN6O9S. The van der Waals surface area contributed by atoms with Gasteiger partial charge < -0.3 is 35.6 Å². The molecule has 2 fully saturated rings. The minimum atomic E-state index is -3.53. The highest BCUT2D eigenvalue weighted by Crippen LogP contribution is 2.31. The van der Waals surface area contributed by atoms with Gasteiger partial charge in [0.15, 0.2) is 0 Å². The number of nitrogens with one attached hydrogen (secondary N) is 3. The first kappa shape index (κ1) is 42.3. The molecule has 1 aromatic carbocycles. The van der Waals surface area contributed by atoms with Crippen molar-refractivity contribution in [2.75, 3.05) is 26.4 Å². The van der Waals surface area contributed by atoms with E-state index in [1.807, 2.05) is 20.8 Å². The van der Waals surface area contributed by atoms with E-state index in [-0.39, 0.29) is 50.9 Å². The number of benzene rings is 1. The summed E-state index contributed by atoms with van der Waals surface area (Å²) >= 11 is 0. The van der Waals surface area contributed by atoms with E-state index in [1.54, 1.807) is 12.1 Å². The fourth-order valence-corrected chi connectivity index (χ4v) is 7.86. The topological polar surface area (TPSA) is 198 Å². The van der Waals surface area contributed by atoms with Gasteiger partial charge in [-0.2, -0.15) is 0 Å². The Morgan fingerprint density at radius 2 is 1.77 bits per heavy atom. The van der Waals surface area contributed by atoms with Gasteiger partial charge >= 0.3 is 19.2 Å². The van der Waals surface area contributed by atoms with Crippen LogP contribution >= 0.6 is 0 Å². The van der Waals surface area contributed by atoms with Crippen molar-refractivity contribution in [1.29, 1.82) is 0 Å². The molecular weight excluding hydrogens is 710 g/mol. The summed E-state index contributed by atoms with van der Waals surface area (Å²) in [6.07, 6.45) is 4.71. The van der Waals surface area contributed by atoms with Gasteiger partial charge in [0.1, 0.15) is 24.0 Å². The lowest BCUT2D eigenvalue weighted by Crippen LogP contribution is -2.60. The Morgan fingerprint density at radius 3 is 2.38 bits per heavy atom.